The van der Waals surface area contributed by atoms with Gasteiger partial charge in [-0.2, -0.15) is 0 Å². The van der Waals surface area contributed by atoms with E-state index in [0.717, 1.165) is 11.1 Å². The highest BCUT2D eigenvalue weighted by atomic mass is 16.2. The molecule has 1 atom stereocenters. The number of carbonyl (C=O) groups is 2. The third-order valence-electron chi connectivity index (χ3n) is 3.79. The van der Waals surface area contributed by atoms with Gasteiger partial charge in [0.1, 0.15) is 6.04 Å². The second-order valence-electron chi connectivity index (χ2n) is 6.23. The Morgan fingerprint density at radius 2 is 1.76 bits per heavy atom. The number of hydrogen-bond acceptors (Lipinski definition) is 3. The molecule has 0 aliphatic heterocycles. The lowest BCUT2D eigenvalue weighted by molar-refractivity contribution is -0.129. The summed E-state index contributed by atoms with van der Waals surface area (Å²) >= 11 is 0. The molecule has 2 rings (SSSR count). The minimum Gasteiger partial charge on any atom is -0.350 e. The van der Waals surface area contributed by atoms with E-state index in [0.29, 0.717) is 0 Å². The molecule has 25 heavy (non-hydrogen) atoms. The van der Waals surface area contributed by atoms with Gasteiger partial charge in [-0.25, -0.2) is 0 Å². The Morgan fingerprint density at radius 1 is 1.04 bits per heavy atom. The van der Waals surface area contributed by atoms with Gasteiger partial charge in [0.2, 0.25) is 17.4 Å². The Bertz CT molecular complexity index is 748. The summed E-state index contributed by atoms with van der Waals surface area (Å²) in [5, 5.41) is 5.59. The lowest BCUT2D eigenvalue weighted by Gasteiger charge is -2.21. The fraction of sp³-hybridized carbons (Fsp3) is 0.316. The molecule has 2 amide bonds. The molecule has 1 aromatic heterocycles. The fourth-order valence-electron chi connectivity index (χ4n) is 2.39. The summed E-state index contributed by atoms with van der Waals surface area (Å²) in [4.78, 5) is 38.2. The van der Waals surface area contributed by atoms with E-state index >= 15 is 0 Å². The van der Waals surface area contributed by atoms with Gasteiger partial charge in [-0.15, -0.1) is 0 Å². The van der Waals surface area contributed by atoms with Crippen LogP contribution in [0.4, 0.5) is 0 Å². The first-order valence-electron chi connectivity index (χ1n) is 8.24. The van der Waals surface area contributed by atoms with Crippen molar-refractivity contribution < 1.29 is 9.59 Å². The van der Waals surface area contributed by atoms with E-state index in [9.17, 15) is 14.4 Å². The van der Waals surface area contributed by atoms with Crippen molar-refractivity contribution in [2.75, 3.05) is 0 Å². The van der Waals surface area contributed by atoms with Gasteiger partial charge in [-0.1, -0.05) is 50.2 Å². The molecule has 6 nitrogen and oxygen atoms in total. The van der Waals surface area contributed by atoms with E-state index in [-0.39, 0.29) is 36.3 Å². The molecule has 132 valence electrons. The van der Waals surface area contributed by atoms with Gasteiger partial charge in [0.05, 0.1) is 6.42 Å². The van der Waals surface area contributed by atoms with Crippen LogP contribution in [0.5, 0.6) is 0 Å². The van der Waals surface area contributed by atoms with Crippen LogP contribution in [-0.2, 0) is 22.6 Å². The monoisotopic (exact) mass is 341 g/mol. The maximum Gasteiger partial charge on any atom is 0.247 e. The molecule has 1 heterocycles. The van der Waals surface area contributed by atoms with Crippen molar-refractivity contribution in [3.63, 3.8) is 0 Å². The van der Waals surface area contributed by atoms with Crippen LogP contribution in [0.3, 0.4) is 0 Å². The van der Waals surface area contributed by atoms with Crippen LogP contribution in [0.15, 0.2) is 53.5 Å². The maximum absolute atomic E-state index is 12.4. The van der Waals surface area contributed by atoms with Gasteiger partial charge in [-0.3, -0.25) is 14.4 Å². The first kappa shape index (κ1) is 18.4. The van der Waals surface area contributed by atoms with E-state index in [1.165, 1.54) is 6.07 Å². The standard InChI is InChI=1S/C19H23N3O3/c1-13(2)18(22-17(24)10-14-6-4-3-5-7-14)19(25)21-12-15-8-9-16(23)20-11-15/h3-9,11,13,18H,10,12H2,1-2H3,(H,20,23)(H,21,25)(H,22,24)/t18-/m1/s1. The Balaban J connectivity index is 1.92. The van der Waals surface area contributed by atoms with Gasteiger partial charge in [0.15, 0.2) is 0 Å². The lowest BCUT2D eigenvalue weighted by atomic mass is 10.0. The normalized spacial score (nSPS) is 11.8. The van der Waals surface area contributed by atoms with Crippen LogP contribution in [0, 0.1) is 5.92 Å². The molecule has 0 saturated carbocycles. The minimum absolute atomic E-state index is 0.0460. The summed E-state index contributed by atoms with van der Waals surface area (Å²) in [7, 11) is 0. The SMILES string of the molecule is CC(C)[C@@H](NC(=O)Cc1ccccc1)C(=O)NCc1ccc(=O)[nH]c1. The van der Waals surface area contributed by atoms with E-state index in [1.807, 2.05) is 44.2 Å². The fourth-order valence-corrected chi connectivity index (χ4v) is 2.39. The molecular weight excluding hydrogens is 318 g/mol. The second-order valence-corrected chi connectivity index (χ2v) is 6.23. The highest BCUT2D eigenvalue weighted by Crippen LogP contribution is 2.05. The molecule has 0 saturated heterocycles. The molecule has 0 aliphatic rings. The van der Waals surface area contributed by atoms with Crippen molar-refractivity contribution >= 4 is 11.8 Å². The number of carbonyl (C=O) groups excluding carboxylic acids is 2. The largest absolute Gasteiger partial charge is 0.350 e. The van der Waals surface area contributed by atoms with E-state index in [1.54, 1.807) is 12.3 Å². The van der Waals surface area contributed by atoms with Crippen LogP contribution in [0.2, 0.25) is 0 Å². The zero-order valence-electron chi connectivity index (χ0n) is 14.4. The predicted octanol–water partition coefficient (Wildman–Crippen LogP) is 1.37. The number of pyridine rings is 1. The zero-order valence-corrected chi connectivity index (χ0v) is 14.4. The summed E-state index contributed by atoms with van der Waals surface area (Å²) < 4.78 is 0. The predicted molar refractivity (Wildman–Crippen MR) is 95.8 cm³/mol. The molecule has 1 aromatic carbocycles. The second kappa shape index (κ2) is 8.82. The molecule has 0 spiro atoms. The lowest BCUT2D eigenvalue weighted by Crippen LogP contribution is -2.49. The molecule has 0 fully saturated rings. The molecule has 0 bridgehead atoms. The van der Waals surface area contributed by atoms with Crippen LogP contribution >= 0.6 is 0 Å². The summed E-state index contributed by atoms with van der Waals surface area (Å²) in [5.41, 5.74) is 1.49. The van der Waals surface area contributed by atoms with Crippen molar-refractivity contribution in [1.82, 2.24) is 15.6 Å². The topological polar surface area (TPSA) is 91.1 Å². The van der Waals surface area contributed by atoms with E-state index in [4.69, 9.17) is 0 Å². The van der Waals surface area contributed by atoms with Crippen LogP contribution in [0.25, 0.3) is 0 Å². The van der Waals surface area contributed by atoms with Gasteiger partial charge in [0.25, 0.3) is 0 Å². The Kier molecular flexibility index (Phi) is 6.51. The van der Waals surface area contributed by atoms with Crippen molar-refractivity contribution in [2.45, 2.75) is 32.9 Å². The van der Waals surface area contributed by atoms with Crippen molar-refractivity contribution in [3.05, 3.63) is 70.1 Å². The molecule has 2 aromatic rings. The number of hydrogen-bond donors (Lipinski definition) is 3. The van der Waals surface area contributed by atoms with E-state index < -0.39 is 6.04 Å². The number of amides is 2. The molecule has 3 N–H and O–H groups in total. The summed E-state index contributed by atoms with van der Waals surface area (Å²) in [6.45, 7) is 4.05. The first-order valence-corrected chi connectivity index (χ1v) is 8.24. The molecular formula is C19H23N3O3. The third-order valence-corrected chi connectivity index (χ3v) is 3.79. The number of H-pyrrole nitrogens is 1. The Morgan fingerprint density at radius 3 is 2.36 bits per heavy atom. The maximum atomic E-state index is 12.4. The first-order chi connectivity index (χ1) is 12.0. The van der Waals surface area contributed by atoms with Gasteiger partial charge < -0.3 is 15.6 Å². The van der Waals surface area contributed by atoms with Gasteiger partial charge in [0, 0.05) is 18.8 Å². The minimum atomic E-state index is -0.612. The average molecular weight is 341 g/mol. The number of aromatic amines is 1. The van der Waals surface area contributed by atoms with Crippen LogP contribution in [-0.4, -0.2) is 22.8 Å². The molecule has 6 heteroatoms. The molecule has 0 unspecified atom stereocenters. The van der Waals surface area contributed by atoms with E-state index in [2.05, 4.69) is 15.6 Å². The highest BCUT2D eigenvalue weighted by molar-refractivity contribution is 5.88. The van der Waals surface area contributed by atoms with Crippen molar-refractivity contribution in [1.29, 1.82) is 0 Å². The number of benzene rings is 1. The molecule has 0 radical (unpaired) electrons. The molecule has 0 aliphatic carbocycles. The zero-order chi connectivity index (χ0) is 18.2. The van der Waals surface area contributed by atoms with Crippen molar-refractivity contribution in [3.8, 4) is 0 Å². The Labute approximate surface area is 146 Å². The summed E-state index contributed by atoms with van der Waals surface area (Å²) in [5.74, 6) is -0.484. The van der Waals surface area contributed by atoms with Crippen LogP contribution in [0.1, 0.15) is 25.0 Å². The summed E-state index contributed by atoms with van der Waals surface area (Å²) in [6.07, 6.45) is 1.79. The quantitative estimate of drug-likeness (QED) is 0.710. The number of nitrogens with one attached hydrogen (secondary N) is 3. The third kappa shape index (κ3) is 5.91. The van der Waals surface area contributed by atoms with Gasteiger partial charge in [-0.05, 0) is 17.0 Å². The smallest absolute Gasteiger partial charge is 0.247 e. The average Bonchev–Trinajstić information content (AvgIpc) is 2.59. The number of rotatable bonds is 7. The highest BCUT2D eigenvalue weighted by Gasteiger charge is 2.23. The number of aromatic nitrogens is 1. The van der Waals surface area contributed by atoms with Crippen molar-refractivity contribution in [2.24, 2.45) is 5.92 Å². The summed E-state index contributed by atoms with van der Waals surface area (Å²) in [6, 6.07) is 11.8. The van der Waals surface area contributed by atoms with Gasteiger partial charge >= 0.3 is 0 Å². The van der Waals surface area contributed by atoms with Crippen LogP contribution < -0.4 is 16.2 Å². The Hall–Kier alpha value is -2.89.